The summed E-state index contributed by atoms with van der Waals surface area (Å²) < 4.78 is 38.3. The minimum atomic E-state index is -4.23. The van der Waals surface area contributed by atoms with Crippen LogP contribution in [0.5, 0.6) is 0 Å². The third kappa shape index (κ3) is 3.53. The van der Waals surface area contributed by atoms with Gasteiger partial charge in [-0.3, -0.25) is 4.90 Å². The first-order chi connectivity index (χ1) is 6.82. The first-order valence-electron chi connectivity index (χ1n) is 5.00. The van der Waals surface area contributed by atoms with Crippen LogP contribution in [0.1, 0.15) is 13.8 Å². The number of nitrogens with zero attached hydrogens (tertiary/aromatic N) is 1. The van der Waals surface area contributed by atoms with Gasteiger partial charge >= 0.3 is 6.18 Å². The van der Waals surface area contributed by atoms with E-state index in [0.717, 1.165) is 5.75 Å². The lowest BCUT2D eigenvalue weighted by Crippen LogP contribution is -2.58. The second kappa shape index (κ2) is 4.93. The molecule has 6 heteroatoms. The third-order valence-corrected chi connectivity index (χ3v) is 3.64. The van der Waals surface area contributed by atoms with Crippen molar-refractivity contribution in [3.63, 3.8) is 0 Å². The molecule has 0 saturated carbocycles. The van der Waals surface area contributed by atoms with Crippen LogP contribution >= 0.6 is 11.8 Å². The highest BCUT2D eigenvalue weighted by Gasteiger charge is 2.46. The molecule has 15 heavy (non-hydrogen) atoms. The van der Waals surface area contributed by atoms with E-state index in [1.165, 1.54) is 11.8 Å². The maximum Gasteiger partial charge on any atom is 0.405 e. The molecule has 1 rings (SSSR count). The van der Waals surface area contributed by atoms with Gasteiger partial charge in [-0.1, -0.05) is 6.92 Å². The predicted octanol–water partition coefficient (Wildman–Crippen LogP) is 1.70. The van der Waals surface area contributed by atoms with Gasteiger partial charge in [-0.15, -0.1) is 0 Å². The molecule has 0 bridgehead atoms. The van der Waals surface area contributed by atoms with Crippen LogP contribution in [0.3, 0.4) is 0 Å². The molecule has 90 valence electrons. The maximum absolute atomic E-state index is 12.8. The molecule has 0 radical (unpaired) electrons. The van der Waals surface area contributed by atoms with Crippen LogP contribution in [-0.4, -0.2) is 47.3 Å². The van der Waals surface area contributed by atoms with Crippen molar-refractivity contribution in [1.29, 1.82) is 0 Å². The molecule has 0 aromatic heterocycles. The lowest BCUT2D eigenvalue weighted by Gasteiger charge is -2.39. The number of thioether (sulfide) groups is 1. The normalized spacial score (nSPS) is 28.8. The fraction of sp³-hybridized carbons (Fsp3) is 1.00. The van der Waals surface area contributed by atoms with Crippen molar-refractivity contribution in [2.75, 3.05) is 18.8 Å². The third-order valence-electron chi connectivity index (χ3n) is 2.50. The van der Waals surface area contributed by atoms with E-state index in [-0.39, 0.29) is 5.25 Å². The number of halogens is 3. The van der Waals surface area contributed by atoms with Gasteiger partial charge in [0.05, 0.1) is 0 Å². The number of alkyl halides is 3. The zero-order valence-corrected chi connectivity index (χ0v) is 9.74. The molecule has 0 amide bonds. The van der Waals surface area contributed by atoms with Crippen LogP contribution in [0, 0.1) is 0 Å². The fourth-order valence-electron chi connectivity index (χ4n) is 1.94. The van der Waals surface area contributed by atoms with E-state index >= 15 is 0 Å². The van der Waals surface area contributed by atoms with Crippen LogP contribution in [0.25, 0.3) is 0 Å². The summed E-state index contributed by atoms with van der Waals surface area (Å²) in [5.41, 5.74) is 5.43. The van der Waals surface area contributed by atoms with Gasteiger partial charge in [0.1, 0.15) is 6.04 Å². The highest BCUT2D eigenvalue weighted by Crippen LogP contribution is 2.30. The van der Waals surface area contributed by atoms with Crippen LogP contribution in [-0.2, 0) is 0 Å². The summed E-state index contributed by atoms with van der Waals surface area (Å²) in [6, 6.07) is -2.37. The molecule has 1 aliphatic rings. The SMILES string of the molecule is CC1CN(C(C(C)N)C(F)(F)F)CCS1. The molecular weight excluding hydrogens is 225 g/mol. The Morgan fingerprint density at radius 1 is 1.47 bits per heavy atom. The lowest BCUT2D eigenvalue weighted by atomic mass is 10.1. The zero-order chi connectivity index (χ0) is 11.6. The highest BCUT2D eigenvalue weighted by atomic mass is 32.2. The van der Waals surface area contributed by atoms with Gasteiger partial charge in [0.15, 0.2) is 0 Å². The Balaban J connectivity index is 2.71. The smallest absolute Gasteiger partial charge is 0.326 e. The zero-order valence-electron chi connectivity index (χ0n) is 8.92. The lowest BCUT2D eigenvalue weighted by molar-refractivity contribution is -0.187. The van der Waals surface area contributed by atoms with E-state index in [9.17, 15) is 13.2 Å². The van der Waals surface area contributed by atoms with Gasteiger partial charge in [-0.2, -0.15) is 24.9 Å². The minimum absolute atomic E-state index is 0.252. The Hall–Kier alpha value is 0.0600. The molecular formula is C9H17F3N2S. The van der Waals surface area contributed by atoms with Gasteiger partial charge in [-0.25, -0.2) is 0 Å². The molecule has 0 aromatic carbocycles. The average Bonchev–Trinajstić information content (AvgIpc) is 1.99. The van der Waals surface area contributed by atoms with E-state index < -0.39 is 18.3 Å². The monoisotopic (exact) mass is 242 g/mol. The summed E-state index contributed by atoms with van der Waals surface area (Å²) in [4.78, 5) is 1.46. The van der Waals surface area contributed by atoms with E-state index in [1.807, 2.05) is 6.92 Å². The van der Waals surface area contributed by atoms with Crippen LogP contribution in [0.4, 0.5) is 13.2 Å². The van der Waals surface area contributed by atoms with Crippen molar-refractivity contribution in [3.05, 3.63) is 0 Å². The van der Waals surface area contributed by atoms with Crippen molar-refractivity contribution in [2.24, 2.45) is 5.73 Å². The van der Waals surface area contributed by atoms with Gasteiger partial charge in [0.2, 0.25) is 0 Å². The largest absolute Gasteiger partial charge is 0.405 e. The number of hydrogen-bond acceptors (Lipinski definition) is 3. The molecule has 0 aliphatic carbocycles. The van der Waals surface area contributed by atoms with E-state index in [1.54, 1.807) is 11.8 Å². The summed E-state index contributed by atoms with van der Waals surface area (Å²) in [5, 5.41) is 0.252. The molecule has 2 N–H and O–H groups in total. The van der Waals surface area contributed by atoms with Crippen LogP contribution in [0.2, 0.25) is 0 Å². The summed E-state index contributed by atoms with van der Waals surface area (Å²) in [5.74, 6) is 0.750. The maximum atomic E-state index is 12.8. The highest BCUT2D eigenvalue weighted by molar-refractivity contribution is 7.99. The van der Waals surface area contributed by atoms with Crippen molar-refractivity contribution >= 4 is 11.8 Å². The average molecular weight is 242 g/mol. The first-order valence-corrected chi connectivity index (χ1v) is 6.05. The molecule has 0 aromatic rings. The van der Waals surface area contributed by atoms with Crippen molar-refractivity contribution < 1.29 is 13.2 Å². The Morgan fingerprint density at radius 2 is 2.07 bits per heavy atom. The van der Waals surface area contributed by atoms with Gasteiger partial charge < -0.3 is 5.73 Å². The topological polar surface area (TPSA) is 29.3 Å². The van der Waals surface area contributed by atoms with E-state index in [2.05, 4.69) is 0 Å². The second-order valence-electron chi connectivity index (χ2n) is 4.02. The summed E-state index contributed by atoms with van der Waals surface area (Å²) >= 11 is 1.71. The summed E-state index contributed by atoms with van der Waals surface area (Å²) in [6.45, 7) is 4.31. The van der Waals surface area contributed by atoms with Gasteiger partial charge in [0.25, 0.3) is 0 Å². The summed E-state index contributed by atoms with van der Waals surface area (Å²) in [6.07, 6.45) is -4.23. The van der Waals surface area contributed by atoms with Crippen molar-refractivity contribution in [1.82, 2.24) is 4.90 Å². The second-order valence-corrected chi connectivity index (χ2v) is 5.57. The van der Waals surface area contributed by atoms with Crippen molar-refractivity contribution in [3.8, 4) is 0 Å². The Morgan fingerprint density at radius 3 is 2.47 bits per heavy atom. The van der Waals surface area contributed by atoms with Crippen molar-refractivity contribution in [2.45, 2.75) is 37.4 Å². The minimum Gasteiger partial charge on any atom is -0.326 e. The van der Waals surface area contributed by atoms with Gasteiger partial charge in [0, 0.05) is 30.1 Å². The van der Waals surface area contributed by atoms with E-state index in [4.69, 9.17) is 5.73 Å². The predicted molar refractivity (Wildman–Crippen MR) is 57.0 cm³/mol. The molecule has 1 heterocycles. The van der Waals surface area contributed by atoms with Gasteiger partial charge in [-0.05, 0) is 6.92 Å². The molecule has 3 unspecified atom stereocenters. The Bertz CT molecular complexity index is 208. The molecule has 3 atom stereocenters. The quantitative estimate of drug-likeness (QED) is 0.799. The molecule has 2 nitrogen and oxygen atoms in total. The molecule has 1 fully saturated rings. The van der Waals surface area contributed by atoms with Crippen LogP contribution in [0.15, 0.2) is 0 Å². The number of nitrogens with two attached hydrogens (primary N) is 1. The Labute approximate surface area is 92.4 Å². The standard InChI is InChI=1S/C9H17F3N2S/c1-6-5-14(3-4-15-6)8(7(2)13)9(10,11)12/h6-8H,3-5,13H2,1-2H3. The molecule has 0 spiro atoms. The first kappa shape index (κ1) is 13.1. The molecule has 1 aliphatic heterocycles. The number of rotatable bonds is 2. The van der Waals surface area contributed by atoms with Crippen LogP contribution < -0.4 is 5.73 Å². The Kier molecular flexibility index (Phi) is 4.31. The summed E-state index contributed by atoms with van der Waals surface area (Å²) in [7, 11) is 0. The number of hydrogen-bond donors (Lipinski definition) is 1. The molecule has 1 saturated heterocycles. The fourth-order valence-corrected chi connectivity index (χ4v) is 2.97. The van der Waals surface area contributed by atoms with E-state index in [0.29, 0.717) is 13.1 Å².